The summed E-state index contributed by atoms with van der Waals surface area (Å²) in [5.41, 5.74) is 1.45. The third-order valence-corrected chi connectivity index (χ3v) is 4.80. The first-order chi connectivity index (χ1) is 11.2. The topological polar surface area (TPSA) is 72.5 Å². The van der Waals surface area contributed by atoms with Gasteiger partial charge in [0.2, 0.25) is 6.79 Å². The van der Waals surface area contributed by atoms with Crippen LogP contribution < -0.4 is 20.1 Å². The van der Waals surface area contributed by atoms with Crippen molar-refractivity contribution < 1.29 is 14.3 Å². The molecule has 0 bridgehead atoms. The smallest absolute Gasteiger partial charge is 0.325 e. The van der Waals surface area contributed by atoms with Crippen LogP contribution in [-0.2, 0) is 0 Å². The number of aromatic nitrogens is 1. The van der Waals surface area contributed by atoms with Crippen LogP contribution in [0.15, 0.2) is 40.9 Å². The first-order valence-corrected chi connectivity index (χ1v) is 8.33. The third kappa shape index (κ3) is 2.82. The molecule has 2 heterocycles. The highest BCUT2D eigenvalue weighted by atomic mass is 79.9. The van der Waals surface area contributed by atoms with E-state index >= 15 is 0 Å². The number of urea groups is 1. The van der Waals surface area contributed by atoms with Gasteiger partial charge in [0, 0.05) is 16.2 Å². The van der Waals surface area contributed by atoms with E-state index in [1.54, 1.807) is 18.2 Å². The first-order valence-electron chi connectivity index (χ1n) is 6.72. The van der Waals surface area contributed by atoms with Gasteiger partial charge in [-0.2, -0.15) is 0 Å². The number of halogens is 1. The van der Waals surface area contributed by atoms with E-state index in [1.807, 2.05) is 18.2 Å². The van der Waals surface area contributed by atoms with Crippen LogP contribution in [-0.4, -0.2) is 17.8 Å². The zero-order valence-corrected chi connectivity index (χ0v) is 14.0. The van der Waals surface area contributed by atoms with Crippen molar-refractivity contribution in [2.45, 2.75) is 0 Å². The number of thiazole rings is 1. The fourth-order valence-electron chi connectivity index (χ4n) is 2.20. The van der Waals surface area contributed by atoms with Crippen LogP contribution in [0.3, 0.4) is 0 Å². The molecule has 0 aliphatic carbocycles. The van der Waals surface area contributed by atoms with Gasteiger partial charge in [0.1, 0.15) is 0 Å². The van der Waals surface area contributed by atoms with E-state index in [2.05, 4.69) is 31.5 Å². The van der Waals surface area contributed by atoms with Gasteiger partial charge in [-0.15, -0.1) is 0 Å². The second kappa shape index (κ2) is 5.71. The van der Waals surface area contributed by atoms with Crippen molar-refractivity contribution in [3.63, 3.8) is 0 Å². The predicted molar refractivity (Wildman–Crippen MR) is 92.5 cm³/mol. The summed E-state index contributed by atoms with van der Waals surface area (Å²) in [7, 11) is 0. The number of ether oxygens (including phenoxy) is 2. The van der Waals surface area contributed by atoms with Crippen molar-refractivity contribution in [1.82, 2.24) is 4.98 Å². The van der Waals surface area contributed by atoms with Crippen molar-refractivity contribution in [2.75, 3.05) is 17.4 Å². The molecule has 8 heteroatoms. The monoisotopic (exact) mass is 391 g/mol. The van der Waals surface area contributed by atoms with E-state index in [4.69, 9.17) is 9.47 Å². The number of para-hydroxylation sites is 1. The lowest BCUT2D eigenvalue weighted by Crippen LogP contribution is -2.19. The molecule has 1 aliphatic rings. The number of carbonyl (C=O) groups excluding carboxylic acids is 1. The van der Waals surface area contributed by atoms with Crippen molar-refractivity contribution in [3.05, 3.63) is 40.9 Å². The van der Waals surface area contributed by atoms with Crippen LogP contribution in [0.25, 0.3) is 10.2 Å². The number of hydrogen-bond donors (Lipinski definition) is 2. The molecular formula is C15H10BrN3O3S. The Balaban J connectivity index is 1.49. The Kier molecular flexibility index (Phi) is 3.55. The third-order valence-electron chi connectivity index (χ3n) is 3.22. The van der Waals surface area contributed by atoms with E-state index < -0.39 is 0 Å². The predicted octanol–water partition coefficient (Wildman–Crippen LogP) is 4.43. The summed E-state index contributed by atoms with van der Waals surface area (Å²) < 4.78 is 12.4. The highest BCUT2D eigenvalue weighted by Crippen LogP contribution is 2.34. The van der Waals surface area contributed by atoms with Gasteiger partial charge in [-0.3, -0.25) is 5.32 Å². The SMILES string of the molecule is O=C(Nc1ccc2c(c1)OCO2)Nc1nc2c(Br)cccc2s1. The van der Waals surface area contributed by atoms with Crippen molar-refractivity contribution in [3.8, 4) is 11.5 Å². The molecule has 0 atom stereocenters. The normalized spacial score (nSPS) is 12.4. The quantitative estimate of drug-likeness (QED) is 0.677. The van der Waals surface area contributed by atoms with Gasteiger partial charge in [0.25, 0.3) is 0 Å². The molecule has 0 unspecified atom stereocenters. The van der Waals surface area contributed by atoms with E-state index in [9.17, 15) is 4.79 Å². The highest BCUT2D eigenvalue weighted by Gasteiger charge is 2.15. The average Bonchev–Trinajstić information content (AvgIpc) is 3.13. The fraction of sp³-hybridized carbons (Fsp3) is 0.0667. The molecule has 0 radical (unpaired) electrons. The Morgan fingerprint density at radius 2 is 2.04 bits per heavy atom. The molecule has 0 spiro atoms. The Labute approximate surface area is 143 Å². The van der Waals surface area contributed by atoms with Gasteiger partial charge in [-0.1, -0.05) is 17.4 Å². The minimum Gasteiger partial charge on any atom is -0.454 e. The molecule has 4 rings (SSSR count). The number of hydrogen-bond acceptors (Lipinski definition) is 5. The van der Waals surface area contributed by atoms with Gasteiger partial charge in [0.15, 0.2) is 16.6 Å². The maximum Gasteiger partial charge on any atom is 0.325 e. The van der Waals surface area contributed by atoms with Crippen molar-refractivity contribution in [1.29, 1.82) is 0 Å². The molecule has 1 aromatic heterocycles. The Bertz CT molecular complexity index is 912. The van der Waals surface area contributed by atoms with Gasteiger partial charge in [-0.05, 0) is 40.2 Å². The molecule has 23 heavy (non-hydrogen) atoms. The van der Waals surface area contributed by atoms with Crippen LogP contribution in [0.4, 0.5) is 15.6 Å². The summed E-state index contributed by atoms with van der Waals surface area (Å²) >= 11 is 4.86. The minimum atomic E-state index is -0.362. The van der Waals surface area contributed by atoms with Gasteiger partial charge in [-0.25, -0.2) is 9.78 Å². The van der Waals surface area contributed by atoms with E-state index in [0.717, 1.165) is 14.7 Å². The molecule has 2 amide bonds. The van der Waals surface area contributed by atoms with Crippen LogP contribution in [0.1, 0.15) is 0 Å². The Morgan fingerprint density at radius 1 is 1.17 bits per heavy atom. The van der Waals surface area contributed by atoms with Gasteiger partial charge < -0.3 is 14.8 Å². The Morgan fingerprint density at radius 3 is 2.91 bits per heavy atom. The first kappa shape index (κ1) is 14.3. The summed E-state index contributed by atoms with van der Waals surface area (Å²) in [6.45, 7) is 0.200. The highest BCUT2D eigenvalue weighted by molar-refractivity contribution is 9.10. The van der Waals surface area contributed by atoms with Gasteiger partial charge >= 0.3 is 6.03 Å². The number of carbonyl (C=O) groups is 1. The van der Waals surface area contributed by atoms with Crippen molar-refractivity contribution >= 4 is 54.3 Å². The molecule has 116 valence electrons. The van der Waals surface area contributed by atoms with E-state index in [-0.39, 0.29) is 12.8 Å². The standard InChI is InChI=1S/C15H10BrN3O3S/c16-9-2-1-3-12-13(9)18-15(23-12)19-14(20)17-8-4-5-10-11(6-8)22-7-21-10/h1-6H,7H2,(H2,17,18,19,20). The molecule has 2 aromatic carbocycles. The number of fused-ring (bicyclic) bond motifs is 2. The Hall–Kier alpha value is -2.32. The second-order valence-electron chi connectivity index (χ2n) is 4.75. The largest absolute Gasteiger partial charge is 0.454 e. The van der Waals surface area contributed by atoms with E-state index in [0.29, 0.717) is 22.3 Å². The zero-order chi connectivity index (χ0) is 15.8. The average molecular weight is 392 g/mol. The second-order valence-corrected chi connectivity index (χ2v) is 6.64. The molecule has 0 saturated heterocycles. The summed E-state index contributed by atoms with van der Waals surface area (Å²) in [6.07, 6.45) is 0. The number of amides is 2. The molecule has 3 aromatic rings. The summed E-state index contributed by atoms with van der Waals surface area (Å²) in [4.78, 5) is 16.5. The fourth-order valence-corrected chi connectivity index (χ4v) is 3.68. The zero-order valence-electron chi connectivity index (χ0n) is 11.6. The summed E-state index contributed by atoms with van der Waals surface area (Å²) in [5, 5.41) is 6.02. The number of nitrogens with zero attached hydrogens (tertiary/aromatic N) is 1. The number of rotatable bonds is 2. The van der Waals surface area contributed by atoms with Crippen LogP contribution in [0.5, 0.6) is 11.5 Å². The van der Waals surface area contributed by atoms with Crippen LogP contribution >= 0.6 is 27.3 Å². The lowest BCUT2D eigenvalue weighted by atomic mass is 10.3. The minimum absolute atomic E-state index is 0.200. The maximum absolute atomic E-state index is 12.1. The molecule has 0 fully saturated rings. The molecule has 2 N–H and O–H groups in total. The number of anilines is 2. The number of nitrogens with one attached hydrogen (secondary N) is 2. The summed E-state index contributed by atoms with van der Waals surface area (Å²) in [5.74, 6) is 1.29. The summed E-state index contributed by atoms with van der Waals surface area (Å²) in [6, 6.07) is 10.7. The number of benzene rings is 2. The molecule has 1 aliphatic heterocycles. The maximum atomic E-state index is 12.1. The van der Waals surface area contributed by atoms with Crippen LogP contribution in [0.2, 0.25) is 0 Å². The molecule has 0 saturated carbocycles. The lowest BCUT2D eigenvalue weighted by Gasteiger charge is -2.06. The molecular weight excluding hydrogens is 382 g/mol. The lowest BCUT2D eigenvalue weighted by molar-refractivity contribution is 0.174. The van der Waals surface area contributed by atoms with Crippen molar-refractivity contribution in [2.24, 2.45) is 0 Å². The van der Waals surface area contributed by atoms with Gasteiger partial charge in [0.05, 0.1) is 10.2 Å². The molecule has 6 nitrogen and oxygen atoms in total. The van der Waals surface area contributed by atoms with E-state index in [1.165, 1.54) is 11.3 Å². The van der Waals surface area contributed by atoms with Crippen LogP contribution in [0, 0.1) is 0 Å².